The average molecular weight is 278 g/mol. The fraction of sp³-hybridized carbons (Fsp3) is 0.786. The van der Waals surface area contributed by atoms with Crippen molar-refractivity contribution in [2.45, 2.75) is 46.6 Å². The zero-order valence-corrected chi connectivity index (χ0v) is 13.0. The molecule has 112 valence electrons. The van der Waals surface area contributed by atoms with Gasteiger partial charge in [-0.3, -0.25) is 0 Å². The molecule has 0 aliphatic heterocycles. The van der Waals surface area contributed by atoms with Crippen molar-refractivity contribution in [1.29, 1.82) is 0 Å². The third-order valence-corrected chi connectivity index (χ3v) is 3.69. The van der Waals surface area contributed by atoms with Crippen LogP contribution >= 0.6 is 0 Å². The maximum Gasteiger partial charge on any atom is 0.231 e. The Morgan fingerprint density at radius 2 is 1.75 bits per heavy atom. The third kappa shape index (κ3) is 3.71. The number of hydrogen-bond donors (Lipinski definition) is 2. The minimum atomic E-state index is 0.427. The van der Waals surface area contributed by atoms with Crippen LogP contribution in [-0.4, -0.2) is 40.6 Å². The summed E-state index contributed by atoms with van der Waals surface area (Å²) in [5, 5.41) is 6.60. The predicted octanol–water partition coefficient (Wildman–Crippen LogP) is 2.36. The number of nitrogens with zero attached hydrogens (tertiary/aromatic N) is 4. The second kappa shape index (κ2) is 6.72. The monoisotopic (exact) mass is 278 g/mol. The highest BCUT2D eigenvalue weighted by Gasteiger charge is 2.28. The van der Waals surface area contributed by atoms with Gasteiger partial charge in [0.05, 0.1) is 0 Å². The van der Waals surface area contributed by atoms with Crippen LogP contribution in [0.25, 0.3) is 0 Å². The first kappa shape index (κ1) is 14.8. The van der Waals surface area contributed by atoms with Gasteiger partial charge in [-0.2, -0.15) is 15.0 Å². The lowest BCUT2D eigenvalue weighted by molar-refractivity contribution is 0.683. The van der Waals surface area contributed by atoms with Gasteiger partial charge in [-0.15, -0.1) is 0 Å². The van der Waals surface area contributed by atoms with Crippen molar-refractivity contribution in [2.24, 2.45) is 5.92 Å². The molecule has 0 radical (unpaired) electrons. The largest absolute Gasteiger partial charge is 0.354 e. The maximum atomic E-state index is 4.56. The van der Waals surface area contributed by atoms with Crippen LogP contribution < -0.4 is 15.5 Å². The number of anilines is 3. The highest BCUT2D eigenvalue weighted by atomic mass is 15.3. The van der Waals surface area contributed by atoms with Crippen molar-refractivity contribution < 1.29 is 0 Å². The molecule has 1 aliphatic carbocycles. The average Bonchev–Trinajstić information content (AvgIpc) is 3.24. The Labute approximate surface area is 121 Å². The van der Waals surface area contributed by atoms with Gasteiger partial charge in [-0.1, -0.05) is 0 Å². The van der Waals surface area contributed by atoms with E-state index in [1.54, 1.807) is 0 Å². The Hall–Kier alpha value is -1.59. The Kier molecular flexibility index (Phi) is 4.98. The molecule has 0 amide bonds. The van der Waals surface area contributed by atoms with Gasteiger partial charge in [-0.25, -0.2) is 0 Å². The zero-order valence-electron chi connectivity index (χ0n) is 13.0. The summed E-state index contributed by atoms with van der Waals surface area (Å²) in [6.07, 6.45) is 2.62. The molecule has 6 heteroatoms. The summed E-state index contributed by atoms with van der Waals surface area (Å²) in [5.41, 5.74) is 0. The molecule has 1 saturated carbocycles. The lowest BCUT2D eigenvalue weighted by atomic mass is 10.2. The molecule has 1 fully saturated rings. The first-order chi connectivity index (χ1) is 9.67. The Balaban J connectivity index is 2.19. The summed E-state index contributed by atoms with van der Waals surface area (Å²) in [4.78, 5) is 15.6. The molecule has 1 aliphatic rings. The fourth-order valence-corrected chi connectivity index (χ4v) is 2.23. The van der Waals surface area contributed by atoms with Crippen molar-refractivity contribution in [3.05, 3.63) is 0 Å². The van der Waals surface area contributed by atoms with Crippen LogP contribution in [0.4, 0.5) is 17.8 Å². The first-order valence-electron chi connectivity index (χ1n) is 7.69. The van der Waals surface area contributed by atoms with Gasteiger partial charge < -0.3 is 15.5 Å². The SMILES string of the molecule is CCNc1nc(NC(C)C2CC2)nc(N(CC)CC)n1. The molecule has 1 aromatic rings. The summed E-state index contributed by atoms with van der Waals surface area (Å²) in [6, 6.07) is 0.427. The van der Waals surface area contributed by atoms with E-state index in [0.29, 0.717) is 17.9 Å². The molecule has 6 nitrogen and oxygen atoms in total. The van der Waals surface area contributed by atoms with E-state index in [9.17, 15) is 0 Å². The highest BCUT2D eigenvalue weighted by molar-refractivity contribution is 5.44. The second-order valence-corrected chi connectivity index (χ2v) is 5.26. The van der Waals surface area contributed by atoms with E-state index in [2.05, 4.69) is 51.3 Å². The van der Waals surface area contributed by atoms with Crippen LogP contribution in [0.2, 0.25) is 0 Å². The quantitative estimate of drug-likeness (QED) is 0.761. The van der Waals surface area contributed by atoms with Crippen molar-refractivity contribution in [3.63, 3.8) is 0 Å². The van der Waals surface area contributed by atoms with E-state index < -0.39 is 0 Å². The summed E-state index contributed by atoms with van der Waals surface area (Å²) < 4.78 is 0. The number of hydrogen-bond acceptors (Lipinski definition) is 6. The predicted molar refractivity (Wildman–Crippen MR) is 83.4 cm³/mol. The van der Waals surface area contributed by atoms with Crippen LogP contribution in [0, 0.1) is 5.92 Å². The van der Waals surface area contributed by atoms with Crippen LogP contribution in [0.15, 0.2) is 0 Å². The lowest BCUT2D eigenvalue weighted by Crippen LogP contribution is -2.26. The van der Waals surface area contributed by atoms with E-state index in [0.717, 1.165) is 31.5 Å². The fourth-order valence-electron chi connectivity index (χ4n) is 2.23. The van der Waals surface area contributed by atoms with E-state index >= 15 is 0 Å². The molecule has 2 rings (SSSR count). The van der Waals surface area contributed by atoms with Gasteiger partial charge in [0.25, 0.3) is 0 Å². The van der Waals surface area contributed by atoms with E-state index in [4.69, 9.17) is 0 Å². The molecular weight excluding hydrogens is 252 g/mol. The van der Waals surface area contributed by atoms with Gasteiger partial charge in [0.1, 0.15) is 0 Å². The molecule has 1 aromatic heterocycles. The molecule has 1 heterocycles. The molecule has 0 saturated heterocycles. The second-order valence-electron chi connectivity index (χ2n) is 5.26. The smallest absolute Gasteiger partial charge is 0.231 e. The van der Waals surface area contributed by atoms with Crippen LogP contribution in [0.3, 0.4) is 0 Å². The first-order valence-corrected chi connectivity index (χ1v) is 7.69. The summed E-state index contributed by atoms with van der Waals surface area (Å²) >= 11 is 0. The van der Waals surface area contributed by atoms with Crippen LogP contribution in [-0.2, 0) is 0 Å². The molecule has 0 spiro atoms. The number of nitrogens with one attached hydrogen (secondary N) is 2. The van der Waals surface area contributed by atoms with E-state index in [-0.39, 0.29) is 0 Å². The lowest BCUT2D eigenvalue weighted by Gasteiger charge is -2.20. The van der Waals surface area contributed by atoms with Gasteiger partial charge in [-0.05, 0) is 46.5 Å². The molecule has 1 unspecified atom stereocenters. The standard InChI is InChI=1S/C14H26N6/c1-5-15-12-17-13(16-10(4)11-8-9-11)19-14(18-12)20(6-2)7-3/h10-11H,5-9H2,1-4H3,(H2,15,16,17,18,19). The van der Waals surface area contributed by atoms with Crippen molar-refractivity contribution in [1.82, 2.24) is 15.0 Å². The molecule has 1 atom stereocenters. The van der Waals surface area contributed by atoms with Gasteiger partial charge in [0.15, 0.2) is 0 Å². The minimum absolute atomic E-state index is 0.427. The molecule has 2 N–H and O–H groups in total. The molecule has 20 heavy (non-hydrogen) atoms. The van der Waals surface area contributed by atoms with Crippen LogP contribution in [0.5, 0.6) is 0 Å². The molecule has 0 bridgehead atoms. The van der Waals surface area contributed by atoms with Crippen molar-refractivity contribution in [3.8, 4) is 0 Å². The highest BCUT2D eigenvalue weighted by Crippen LogP contribution is 2.33. The van der Waals surface area contributed by atoms with Crippen molar-refractivity contribution in [2.75, 3.05) is 35.2 Å². The maximum absolute atomic E-state index is 4.56. The molecule has 0 aromatic carbocycles. The van der Waals surface area contributed by atoms with Gasteiger partial charge in [0.2, 0.25) is 17.8 Å². The Morgan fingerprint density at radius 3 is 2.30 bits per heavy atom. The third-order valence-electron chi connectivity index (χ3n) is 3.69. The summed E-state index contributed by atoms with van der Waals surface area (Å²) in [5.74, 6) is 2.84. The van der Waals surface area contributed by atoms with Gasteiger partial charge in [0, 0.05) is 25.7 Å². The van der Waals surface area contributed by atoms with E-state index in [1.807, 2.05) is 6.92 Å². The number of rotatable bonds is 8. The summed E-state index contributed by atoms with van der Waals surface area (Å²) in [6.45, 7) is 11.1. The van der Waals surface area contributed by atoms with Crippen LogP contribution in [0.1, 0.15) is 40.5 Å². The van der Waals surface area contributed by atoms with E-state index in [1.165, 1.54) is 12.8 Å². The normalized spacial score (nSPS) is 15.8. The summed E-state index contributed by atoms with van der Waals surface area (Å²) in [7, 11) is 0. The molecular formula is C14H26N6. The number of aromatic nitrogens is 3. The minimum Gasteiger partial charge on any atom is -0.354 e. The Bertz CT molecular complexity index is 428. The Morgan fingerprint density at radius 1 is 1.10 bits per heavy atom. The topological polar surface area (TPSA) is 66.0 Å². The van der Waals surface area contributed by atoms with Gasteiger partial charge >= 0.3 is 0 Å². The zero-order chi connectivity index (χ0) is 14.5. The van der Waals surface area contributed by atoms with Crippen molar-refractivity contribution >= 4 is 17.8 Å².